The SMILES string of the molecule is CC(NCC(=O)Nc1ccc(N2CCCC2)cc1)c1ccccc1F. The molecule has 2 aromatic carbocycles. The molecule has 1 aliphatic rings. The molecule has 1 aliphatic heterocycles. The number of hydrogen-bond acceptors (Lipinski definition) is 3. The summed E-state index contributed by atoms with van der Waals surface area (Å²) in [6.07, 6.45) is 2.48. The van der Waals surface area contributed by atoms with E-state index in [0.29, 0.717) is 5.56 Å². The van der Waals surface area contributed by atoms with E-state index in [-0.39, 0.29) is 24.3 Å². The molecule has 2 N–H and O–H groups in total. The minimum absolute atomic E-state index is 0.128. The Morgan fingerprint density at radius 3 is 2.48 bits per heavy atom. The van der Waals surface area contributed by atoms with Crippen LogP contribution in [0.2, 0.25) is 0 Å². The molecule has 1 heterocycles. The van der Waals surface area contributed by atoms with E-state index >= 15 is 0 Å². The molecule has 1 atom stereocenters. The molecule has 0 radical (unpaired) electrons. The number of amides is 1. The summed E-state index contributed by atoms with van der Waals surface area (Å²) < 4.78 is 13.7. The maximum Gasteiger partial charge on any atom is 0.238 e. The van der Waals surface area contributed by atoms with Gasteiger partial charge >= 0.3 is 0 Å². The summed E-state index contributed by atoms with van der Waals surface area (Å²) in [4.78, 5) is 14.4. The third kappa shape index (κ3) is 4.57. The van der Waals surface area contributed by atoms with Crippen LogP contribution in [0, 0.1) is 5.82 Å². The Kier molecular flexibility index (Phi) is 5.66. The van der Waals surface area contributed by atoms with E-state index in [1.165, 1.54) is 24.6 Å². The van der Waals surface area contributed by atoms with Crippen molar-refractivity contribution >= 4 is 17.3 Å². The van der Waals surface area contributed by atoms with Crippen molar-refractivity contribution in [1.82, 2.24) is 5.32 Å². The molecule has 4 nitrogen and oxygen atoms in total. The van der Waals surface area contributed by atoms with E-state index in [4.69, 9.17) is 0 Å². The largest absolute Gasteiger partial charge is 0.372 e. The molecule has 2 aromatic rings. The van der Waals surface area contributed by atoms with Gasteiger partial charge in [0.1, 0.15) is 5.82 Å². The Labute approximate surface area is 148 Å². The highest BCUT2D eigenvalue weighted by Crippen LogP contribution is 2.22. The van der Waals surface area contributed by atoms with Crippen LogP contribution in [-0.2, 0) is 4.79 Å². The first-order chi connectivity index (χ1) is 12.1. The van der Waals surface area contributed by atoms with Gasteiger partial charge in [-0.1, -0.05) is 18.2 Å². The second kappa shape index (κ2) is 8.12. The van der Waals surface area contributed by atoms with Gasteiger partial charge in [0.25, 0.3) is 0 Å². The smallest absolute Gasteiger partial charge is 0.238 e. The van der Waals surface area contributed by atoms with Gasteiger partial charge in [0.2, 0.25) is 5.91 Å². The summed E-state index contributed by atoms with van der Waals surface area (Å²) in [6, 6.07) is 14.3. The number of benzene rings is 2. The van der Waals surface area contributed by atoms with Crippen molar-refractivity contribution < 1.29 is 9.18 Å². The maximum atomic E-state index is 13.7. The molecular formula is C20H24FN3O. The van der Waals surface area contributed by atoms with E-state index in [1.807, 2.05) is 31.2 Å². The number of hydrogen-bond donors (Lipinski definition) is 2. The average molecular weight is 341 g/mol. The van der Waals surface area contributed by atoms with Crippen molar-refractivity contribution in [3.8, 4) is 0 Å². The Morgan fingerprint density at radius 1 is 1.12 bits per heavy atom. The predicted molar refractivity (Wildman–Crippen MR) is 99.3 cm³/mol. The zero-order valence-corrected chi connectivity index (χ0v) is 14.5. The Balaban J connectivity index is 1.49. The van der Waals surface area contributed by atoms with Crippen molar-refractivity contribution in [2.45, 2.75) is 25.8 Å². The van der Waals surface area contributed by atoms with Crippen molar-refractivity contribution in [2.75, 3.05) is 29.9 Å². The molecule has 0 saturated carbocycles. The minimum Gasteiger partial charge on any atom is -0.372 e. The van der Waals surface area contributed by atoms with Crippen LogP contribution in [0.3, 0.4) is 0 Å². The van der Waals surface area contributed by atoms with Crippen LogP contribution in [0.1, 0.15) is 31.4 Å². The molecule has 132 valence electrons. The van der Waals surface area contributed by atoms with E-state index in [9.17, 15) is 9.18 Å². The van der Waals surface area contributed by atoms with Gasteiger partial charge in [0, 0.05) is 36.1 Å². The molecular weight excluding hydrogens is 317 g/mol. The normalized spacial score (nSPS) is 15.2. The summed E-state index contributed by atoms with van der Waals surface area (Å²) in [5.41, 5.74) is 2.53. The van der Waals surface area contributed by atoms with Crippen molar-refractivity contribution in [3.05, 3.63) is 59.9 Å². The predicted octanol–water partition coefficient (Wildman–Crippen LogP) is 3.72. The van der Waals surface area contributed by atoms with Crippen LogP contribution in [0.25, 0.3) is 0 Å². The third-order valence-electron chi connectivity index (χ3n) is 4.56. The van der Waals surface area contributed by atoms with Crippen LogP contribution >= 0.6 is 0 Å². The van der Waals surface area contributed by atoms with Gasteiger partial charge in [-0.15, -0.1) is 0 Å². The number of nitrogens with one attached hydrogen (secondary N) is 2. The second-order valence-corrected chi connectivity index (χ2v) is 6.41. The van der Waals surface area contributed by atoms with Gasteiger partial charge in [-0.25, -0.2) is 4.39 Å². The van der Waals surface area contributed by atoms with E-state index in [0.717, 1.165) is 18.8 Å². The zero-order chi connectivity index (χ0) is 17.6. The summed E-state index contributed by atoms with van der Waals surface area (Å²) in [5.74, 6) is -0.405. The number of anilines is 2. The van der Waals surface area contributed by atoms with Crippen LogP contribution in [-0.4, -0.2) is 25.5 Å². The van der Waals surface area contributed by atoms with Crippen molar-refractivity contribution in [2.24, 2.45) is 0 Å². The fourth-order valence-corrected chi connectivity index (χ4v) is 3.12. The molecule has 5 heteroatoms. The van der Waals surface area contributed by atoms with Crippen LogP contribution in [0.5, 0.6) is 0 Å². The molecule has 1 unspecified atom stereocenters. The zero-order valence-electron chi connectivity index (χ0n) is 14.5. The van der Waals surface area contributed by atoms with Gasteiger partial charge in [-0.05, 0) is 50.1 Å². The van der Waals surface area contributed by atoms with Crippen LogP contribution in [0.4, 0.5) is 15.8 Å². The lowest BCUT2D eigenvalue weighted by Gasteiger charge is -2.18. The molecule has 0 aliphatic carbocycles. The van der Waals surface area contributed by atoms with Crippen molar-refractivity contribution in [3.63, 3.8) is 0 Å². The fraction of sp³-hybridized carbons (Fsp3) is 0.350. The molecule has 0 bridgehead atoms. The average Bonchev–Trinajstić information content (AvgIpc) is 3.15. The Morgan fingerprint density at radius 2 is 1.80 bits per heavy atom. The molecule has 1 saturated heterocycles. The molecule has 0 aromatic heterocycles. The second-order valence-electron chi connectivity index (χ2n) is 6.41. The first-order valence-electron chi connectivity index (χ1n) is 8.76. The Bertz CT molecular complexity index is 711. The molecule has 25 heavy (non-hydrogen) atoms. The quantitative estimate of drug-likeness (QED) is 0.842. The molecule has 1 amide bonds. The third-order valence-corrected chi connectivity index (χ3v) is 4.56. The molecule has 1 fully saturated rings. The molecule has 3 rings (SSSR count). The van der Waals surface area contributed by atoms with Crippen LogP contribution < -0.4 is 15.5 Å². The van der Waals surface area contributed by atoms with E-state index in [2.05, 4.69) is 15.5 Å². The monoisotopic (exact) mass is 341 g/mol. The molecule has 0 spiro atoms. The highest BCUT2D eigenvalue weighted by Gasteiger charge is 2.13. The summed E-state index contributed by atoms with van der Waals surface area (Å²) >= 11 is 0. The van der Waals surface area contributed by atoms with E-state index in [1.54, 1.807) is 18.2 Å². The van der Waals surface area contributed by atoms with Gasteiger partial charge in [0.05, 0.1) is 6.54 Å². The number of carbonyl (C=O) groups excluding carboxylic acids is 1. The highest BCUT2D eigenvalue weighted by atomic mass is 19.1. The topological polar surface area (TPSA) is 44.4 Å². The number of nitrogens with zero attached hydrogens (tertiary/aromatic N) is 1. The highest BCUT2D eigenvalue weighted by molar-refractivity contribution is 5.92. The number of halogens is 1. The lowest BCUT2D eigenvalue weighted by molar-refractivity contribution is -0.115. The fourth-order valence-electron chi connectivity index (χ4n) is 3.12. The summed E-state index contributed by atoms with van der Waals surface area (Å²) in [6.45, 7) is 4.17. The van der Waals surface area contributed by atoms with Gasteiger partial charge in [-0.2, -0.15) is 0 Å². The minimum atomic E-state index is -0.264. The van der Waals surface area contributed by atoms with Gasteiger partial charge in [-0.3, -0.25) is 4.79 Å². The first kappa shape index (κ1) is 17.4. The summed E-state index contributed by atoms with van der Waals surface area (Å²) in [5, 5.41) is 5.92. The van der Waals surface area contributed by atoms with Gasteiger partial charge < -0.3 is 15.5 Å². The number of carbonyl (C=O) groups is 1. The lowest BCUT2D eigenvalue weighted by atomic mass is 10.1. The lowest BCUT2D eigenvalue weighted by Crippen LogP contribution is -2.30. The first-order valence-corrected chi connectivity index (χ1v) is 8.76. The Hall–Kier alpha value is -2.40. The number of rotatable bonds is 6. The van der Waals surface area contributed by atoms with Crippen molar-refractivity contribution in [1.29, 1.82) is 0 Å². The summed E-state index contributed by atoms with van der Waals surface area (Å²) in [7, 11) is 0. The van der Waals surface area contributed by atoms with E-state index < -0.39 is 0 Å². The standard InChI is InChI=1S/C20H24FN3O/c1-15(18-6-2-3-7-19(18)21)22-14-20(25)23-16-8-10-17(11-9-16)24-12-4-5-13-24/h2-3,6-11,15,22H,4-5,12-14H2,1H3,(H,23,25). The van der Waals surface area contributed by atoms with Gasteiger partial charge in [0.15, 0.2) is 0 Å². The van der Waals surface area contributed by atoms with Crippen LogP contribution in [0.15, 0.2) is 48.5 Å². The maximum absolute atomic E-state index is 13.7.